The summed E-state index contributed by atoms with van der Waals surface area (Å²) in [6.07, 6.45) is 8.72. The zero-order chi connectivity index (χ0) is 52.8. The molecule has 0 bridgehead atoms. The van der Waals surface area contributed by atoms with E-state index in [-0.39, 0.29) is 54.1 Å². The van der Waals surface area contributed by atoms with E-state index in [1.807, 2.05) is 18.6 Å². The van der Waals surface area contributed by atoms with Crippen molar-refractivity contribution in [1.29, 1.82) is 0 Å². The fourth-order valence-electron chi connectivity index (χ4n) is 11.0. The molecule has 7 heteroatoms. The van der Waals surface area contributed by atoms with E-state index in [9.17, 15) is 0 Å². The van der Waals surface area contributed by atoms with E-state index in [4.69, 9.17) is 15.0 Å². The minimum Gasteiger partial charge on any atom is -0.305 e. The molecule has 0 saturated heterocycles. The molecule has 0 atom stereocenters. The summed E-state index contributed by atoms with van der Waals surface area (Å²) in [5.74, 6) is 0.708. The average Bonchev–Trinajstić information content (AvgIpc) is 3.41. The molecule has 1 aliphatic carbocycles. The van der Waals surface area contributed by atoms with Crippen LogP contribution in [0.3, 0.4) is 0 Å². The van der Waals surface area contributed by atoms with Gasteiger partial charge in [-0.25, -0.2) is 0 Å². The third-order valence-electron chi connectivity index (χ3n) is 15.2. The third kappa shape index (κ3) is 12.0. The fraction of sp³-hybridized carbons (Fsp3) is 0.261. The normalized spacial score (nSPS) is 16.0. The smallest absolute Gasteiger partial charge is 0.305 e. The number of pyridine rings is 3. The molecule has 9 aromatic rings. The van der Waals surface area contributed by atoms with Gasteiger partial charge in [0, 0.05) is 18.6 Å². The minimum absolute atomic E-state index is 0. The topological polar surface area (TPSA) is 38.7 Å². The molecule has 10 rings (SSSR count). The summed E-state index contributed by atoms with van der Waals surface area (Å²) < 4.78 is 3.09. The second-order valence-electron chi connectivity index (χ2n) is 23.4. The summed E-state index contributed by atoms with van der Waals surface area (Å²) in [4.78, 5) is 14.4. The molecular formula is C69H63Br3IrN3. The average molecular weight is 1370 g/mol. The summed E-state index contributed by atoms with van der Waals surface area (Å²) in [7, 11) is 0. The number of halogens is 3. The van der Waals surface area contributed by atoms with Gasteiger partial charge in [0.15, 0.2) is 0 Å². The zero-order valence-corrected chi connectivity index (χ0v) is 51.9. The van der Waals surface area contributed by atoms with Gasteiger partial charge >= 0.3 is 20.1 Å². The van der Waals surface area contributed by atoms with Crippen LogP contribution in [0.5, 0.6) is 0 Å². The molecule has 1 aliphatic rings. The Kier molecular flexibility index (Phi) is 16.6. The van der Waals surface area contributed by atoms with Crippen LogP contribution < -0.4 is 0 Å². The Morgan fingerprint density at radius 1 is 0.368 bits per heavy atom. The van der Waals surface area contributed by atoms with Crippen LogP contribution in [0.15, 0.2) is 178 Å². The third-order valence-corrected chi connectivity index (χ3v) is 17.2. The molecule has 0 radical (unpaired) electrons. The summed E-state index contributed by atoms with van der Waals surface area (Å²) in [5.41, 5.74) is 20.6. The summed E-state index contributed by atoms with van der Waals surface area (Å²) in [5, 5.41) is 0. The Morgan fingerprint density at radius 2 is 0.632 bits per heavy atom. The molecule has 6 aromatic carbocycles. The van der Waals surface area contributed by atoms with E-state index < -0.39 is 0 Å². The molecule has 0 N–H and O–H groups in total. The van der Waals surface area contributed by atoms with Gasteiger partial charge in [-0.1, -0.05) is 248 Å². The Morgan fingerprint density at radius 3 is 0.882 bits per heavy atom. The standard InChI is InChI=1S/C69H63Br3N3.Ir/c1-67(2,3)49-28-31-73-64(40-49)43-22-25-58(61(70)37-43)55-19-13-10-16-52(55)46-34-47(53-17-11-14-20-56(53)59-26-23-44(38-62(59)71)65-41-50(29-32-74-65)68(4,5)6)36-48(35-46)54-18-12-15-21-57(54)60-27-24-45(39-63(60)72)66-42-51(30-33-75-66)69(7,8)9;/h10-21,25-33,37-42,46-48H,34-36H2,1-9H3;/q-3;+3. The summed E-state index contributed by atoms with van der Waals surface area (Å²) >= 11 is 12.2. The van der Waals surface area contributed by atoms with Crippen molar-refractivity contribution in [2.24, 2.45) is 0 Å². The number of nitrogens with zero attached hydrogens (tertiary/aromatic N) is 3. The first-order valence-corrected chi connectivity index (χ1v) is 28.5. The quantitative estimate of drug-likeness (QED) is 0.135. The van der Waals surface area contributed by atoms with Gasteiger partial charge in [-0.2, -0.15) is 0 Å². The number of benzene rings is 6. The number of rotatable bonds is 9. The largest absolute Gasteiger partial charge is 3.00 e. The maximum absolute atomic E-state index is 4.79. The van der Waals surface area contributed by atoms with Gasteiger partial charge in [-0.05, 0) is 122 Å². The van der Waals surface area contributed by atoms with Gasteiger partial charge in [0.05, 0.1) is 0 Å². The number of hydrogen-bond donors (Lipinski definition) is 0. The van der Waals surface area contributed by atoms with Gasteiger partial charge in [0.1, 0.15) is 0 Å². The van der Waals surface area contributed by atoms with Crippen molar-refractivity contribution in [1.82, 2.24) is 15.0 Å². The molecule has 3 aromatic heterocycles. The van der Waals surface area contributed by atoms with Crippen LogP contribution in [0.2, 0.25) is 0 Å². The molecule has 76 heavy (non-hydrogen) atoms. The Hall–Kier alpha value is -5.14. The van der Waals surface area contributed by atoms with E-state index in [2.05, 4.69) is 274 Å². The van der Waals surface area contributed by atoms with E-state index in [1.165, 1.54) is 50.1 Å². The molecule has 3 nitrogen and oxygen atoms in total. The van der Waals surface area contributed by atoms with Crippen molar-refractivity contribution < 1.29 is 20.1 Å². The van der Waals surface area contributed by atoms with Gasteiger partial charge in [0.2, 0.25) is 0 Å². The first-order valence-electron chi connectivity index (χ1n) is 26.1. The van der Waals surface area contributed by atoms with Crippen LogP contribution in [0, 0.1) is 18.2 Å². The van der Waals surface area contributed by atoms with Gasteiger partial charge < -0.3 is 15.0 Å². The Balaban J connectivity index is 0.00000706. The second kappa shape index (κ2) is 22.7. The van der Waals surface area contributed by atoms with Crippen LogP contribution in [-0.2, 0) is 36.4 Å². The Labute approximate surface area is 490 Å². The molecule has 0 spiro atoms. The van der Waals surface area contributed by atoms with Crippen molar-refractivity contribution in [3.8, 4) is 67.2 Å². The Bertz CT molecular complexity index is 3180. The van der Waals surface area contributed by atoms with Crippen LogP contribution >= 0.6 is 47.8 Å². The predicted molar refractivity (Wildman–Crippen MR) is 323 cm³/mol. The number of hydrogen-bond acceptors (Lipinski definition) is 3. The maximum atomic E-state index is 4.79. The predicted octanol–water partition coefficient (Wildman–Crippen LogP) is 20.3. The molecule has 3 heterocycles. The van der Waals surface area contributed by atoms with Crippen LogP contribution in [-0.4, -0.2) is 15.0 Å². The van der Waals surface area contributed by atoms with Crippen molar-refractivity contribution >= 4 is 47.8 Å². The van der Waals surface area contributed by atoms with Crippen molar-refractivity contribution in [2.75, 3.05) is 0 Å². The summed E-state index contributed by atoms with van der Waals surface area (Å²) in [6.45, 7) is 20.2. The number of aromatic nitrogens is 3. The van der Waals surface area contributed by atoms with E-state index in [0.717, 1.165) is 83.1 Å². The molecule has 0 aliphatic heterocycles. The first kappa shape index (κ1) is 55.6. The van der Waals surface area contributed by atoms with E-state index in [1.54, 1.807) is 0 Å². The zero-order valence-electron chi connectivity index (χ0n) is 44.8. The summed E-state index contributed by atoms with van der Waals surface area (Å²) in [6, 6.07) is 64.1. The van der Waals surface area contributed by atoms with Crippen molar-refractivity contribution in [3.63, 3.8) is 0 Å². The van der Waals surface area contributed by atoms with Crippen LogP contribution in [0.1, 0.15) is 133 Å². The first-order chi connectivity index (χ1) is 35.8. The minimum atomic E-state index is 0. The van der Waals surface area contributed by atoms with Crippen molar-refractivity contribution in [3.05, 3.63) is 229 Å². The van der Waals surface area contributed by atoms with Gasteiger partial charge in [0.25, 0.3) is 0 Å². The second-order valence-corrected chi connectivity index (χ2v) is 26.0. The molecule has 0 amide bonds. The maximum Gasteiger partial charge on any atom is 3.00 e. The van der Waals surface area contributed by atoms with Gasteiger partial charge in [-0.3, -0.25) is 0 Å². The van der Waals surface area contributed by atoms with Crippen molar-refractivity contribution in [2.45, 2.75) is 116 Å². The molecule has 384 valence electrons. The fourth-order valence-corrected chi connectivity index (χ4v) is 12.6. The molecular weight excluding hydrogens is 1300 g/mol. The van der Waals surface area contributed by atoms with E-state index in [0.29, 0.717) is 0 Å². The molecule has 1 fully saturated rings. The monoisotopic (exact) mass is 1360 g/mol. The molecule has 0 unspecified atom stereocenters. The van der Waals surface area contributed by atoms with E-state index >= 15 is 0 Å². The van der Waals surface area contributed by atoms with Crippen LogP contribution in [0.25, 0.3) is 67.2 Å². The molecule has 1 saturated carbocycles. The van der Waals surface area contributed by atoms with Gasteiger partial charge in [-0.15, -0.1) is 71.3 Å². The van der Waals surface area contributed by atoms with Crippen LogP contribution in [0.4, 0.5) is 0 Å². The SMILES string of the molecule is CC(C)(C)c1ccnc(-c2[c-]cc(-c3ccccc3C3CC(c4ccccc4-c4c[c-]c(-c5cc(C(C)(C)C)ccn5)cc4Br)CC(c4ccccc4-c4c[c-]c(-c5cc(C(C)(C)C)ccn5)cc4Br)C3)c(Br)c2)c1.[Ir+3].